The Kier molecular flexibility index (Phi) is 4.10. The van der Waals surface area contributed by atoms with Gasteiger partial charge in [0.1, 0.15) is 5.78 Å². The van der Waals surface area contributed by atoms with Gasteiger partial charge >= 0.3 is 0 Å². The highest BCUT2D eigenvalue weighted by molar-refractivity contribution is 5.76. The van der Waals surface area contributed by atoms with Crippen LogP contribution < -0.4 is 5.73 Å². The molecule has 1 unspecified atom stereocenters. The zero-order chi connectivity index (χ0) is 13.2. The van der Waals surface area contributed by atoms with E-state index in [-0.39, 0.29) is 17.2 Å². The van der Waals surface area contributed by atoms with Gasteiger partial charge in [-0.25, -0.2) is 0 Å². The molecule has 0 heterocycles. The van der Waals surface area contributed by atoms with Crippen LogP contribution in [0.2, 0.25) is 0 Å². The quantitative estimate of drug-likeness (QED) is 0.870. The lowest BCUT2D eigenvalue weighted by molar-refractivity contribution is -0.117. The number of carbonyl (C=O) groups excluding carboxylic acids is 1. The molecule has 1 aromatic carbocycles. The molecule has 0 radical (unpaired) electrons. The molecule has 1 aromatic rings. The van der Waals surface area contributed by atoms with Gasteiger partial charge in [-0.1, -0.05) is 39.0 Å². The van der Waals surface area contributed by atoms with Crippen molar-refractivity contribution in [3.8, 4) is 0 Å². The predicted molar refractivity (Wildman–Crippen MR) is 72.1 cm³/mol. The molecule has 94 valence electrons. The van der Waals surface area contributed by atoms with Crippen LogP contribution in [0.3, 0.4) is 0 Å². The fraction of sp³-hybridized carbons (Fsp3) is 0.533. The van der Waals surface area contributed by atoms with Gasteiger partial charge in [-0.3, -0.25) is 4.79 Å². The van der Waals surface area contributed by atoms with Gasteiger partial charge in [0.2, 0.25) is 0 Å². The fourth-order valence-corrected chi connectivity index (χ4v) is 1.98. The predicted octanol–water partition coefficient (Wildman–Crippen LogP) is 3.27. The summed E-state index contributed by atoms with van der Waals surface area (Å²) in [6, 6.07) is 6.17. The lowest BCUT2D eigenvalue weighted by atomic mass is 9.84. The Bertz CT molecular complexity index is 415. The summed E-state index contributed by atoms with van der Waals surface area (Å²) in [6.07, 6.45) is 0.412. The summed E-state index contributed by atoms with van der Waals surface area (Å²) in [6.45, 7) is 10.2. The Labute approximate surface area is 104 Å². The molecule has 0 amide bonds. The van der Waals surface area contributed by atoms with Crippen molar-refractivity contribution < 1.29 is 4.79 Å². The second-order valence-electron chi connectivity index (χ2n) is 5.83. The van der Waals surface area contributed by atoms with Crippen molar-refractivity contribution in [1.29, 1.82) is 0 Å². The van der Waals surface area contributed by atoms with Crippen molar-refractivity contribution in [3.63, 3.8) is 0 Å². The molecule has 1 rings (SSSR count). The van der Waals surface area contributed by atoms with Gasteiger partial charge in [0, 0.05) is 12.5 Å². The van der Waals surface area contributed by atoms with Gasteiger partial charge in [0.25, 0.3) is 0 Å². The van der Waals surface area contributed by atoms with Crippen LogP contribution in [0.4, 0.5) is 0 Å². The second kappa shape index (κ2) is 5.01. The van der Waals surface area contributed by atoms with E-state index in [1.807, 2.05) is 0 Å². The lowest BCUT2D eigenvalue weighted by Crippen LogP contribution is -2.17. The van der Waals surface area contributed by atoms with E-state index >= 15 is 0 Å². The maximum Gasteiger partial charge on any atom is 0.131 e. The van der Waals surface area contributed by atoms with Crippen LogP contribution in [0.15, 0.2) is 18.2 Å². The van der Waals surface area contributed by atoms with Crippen LogP contribution in [0.5, 0.6) is 0 Å². The first-order valence-corrected chi connectivity index (χ1v) is 6.08. The summed E-state index contributed by atoms with van der Waals surface area (Å²) in [5.74, 6) is 0.136. The normalized spacial score (nSPS) is 13.5. The van der Waals surface area contributed by atoms with Crippen LogP contribution in [0.25, 0.3) is 0 Å². The molecule has 1 atom stereocenters. The van der Waals surface area contributed by atoms with Crippen molar-refractivity contribution in [1.82, 2.24) is 0 Å². The molecule has 0 aliphatic rings. The molecule has 0 spiro atoms. The average molecular weight is 233 g/mol. The number of nitrogens with two attached hydrogens (primary N) is 1. The fourth-order valence-electron chi connectivity index (χ4n) is 1.98. The minimum atomic E-state index is -0.179. The van der Waals surface area contributed by atoms with E-state index in [1.165, 1.54) is 11.1 Å². The molecule has 17 heavy (non-hydrogen) atoms. The Hall–Kier alpha value is -1.15. The molecular formula is C15H23NO. The van der Waals surface area contributed by atoms with E-state index in [2.05, 4.69) is 45.9 Å². The van der Waals surface area contributed by atoms with E-state index in [4.69, 9.17) is 5.73 Å². The van der Waals surface area contributed by atoms with E-state index in [1.54, 1.807) is 6.92 Å². The maximum absolute atomic E-state index is 11.1. The van der Waals surface area contributed by atoms with Gasteiger partial charge in [0.15, 0.2) is 0 Å². The van der Waals surface area contributed by atoms with E-state index < -0.39 is 0 Å². The summed E-state index contributed by atoms with van der Waals surface area (Å²) in [5, 5.41) is 0. The Morgan fingerprint density at radius 3 is 2.35 bits per heavy atom. The molecule has 2 heteroatoms. The second-order valence-corrected chi connectivity index (χ2v) is 5.83. The molecule has 0 saturated heterocycles. The summed E-state index contributed by atoms with van der Waals surface area (Å²) in [5.41, 5.74) is 9.73. The Morgan fingerprint density at radius 2 is 1.94 bits per heavy atom. The summed E-state index contributed by atoms with van der Waals surface area (Å²) in [4.78, 5) is 11.1. The number of aryl methyl sites for hydroxylation is 1. The van der Waals surface area contributed by atoms with Crippen molar-refractivity contribution >= 4 is 5.78 Å². The maximum atomic E-state index is 11.1. The average Bonchev–Trinajstić information content (AvgIpc) is 2.14. The molecular weight excluding hydrogens is 210 g/mol. The van der Waals surface area contributed by atoms with Crippen LogP contribution in [-0.4, -0.2) is 5.78 Å². The first kappa shape index (κ1) is 13.9. The number of ketones is 1. The number of hydrogen-bond acceptors (Lipinski definition) is 2. The zero-order valence-electron chi connectivity index (χ0n) is 11.5. The molecule has 0 aromatic heterocycles. The highest BCUT2D eigenvalue weighted by Gasteiger charge is 2.16. The molecule has 0 aliphatic heterocycles. The molecule has 0 saturated carbocycles. The van der Waals surface area contributed by atoms with Gasteiger partial charge in [-0.15, -0.1) is 0 Å². The molecule has 0 aliphatic carbocycles. The van der Waals surface area contributed by atoms with Crippen molar-refractivity contribution in [2.24, 2.45) is 5.73 Å². The van der Waals surface area contributed by atoms with Crippen LogP contribution >= 0.6 is 0 Å². The largest absolute Gasteiger partial charge is 0.324 e. The number of benzene rings is 1. The first-order valence-electron chi connectivity index (χ1n) is 6.08. The summed E-state index contributed by atoms with van der Waals surface area (Å²) in [7, 11) is 0. The third-order valence-electron chi connectivity index (χ3n) is 3.04. The SMILES string of the molecule is CC(=O)CC(N)c1ccc(C(C)(C)C)cc1C. The van der Waals surface area contributed by atoms with Gasteiger partial charge in [-0.05, 0) is 36.0 Å². The highest BCUT2D eigenvalue weighted by atomic mass is 16.1. The lowest BCUT2D eigenvalue weighted by Gasteiger charge is -2.22. The zero-order valence-corrected chi connectivity index (χ0v) is 11.5. The first-order chi connectivity index (χ1) is 7.71. The van der Waals surface area contributed by atoms with Gasteiger partial charge < -0.3 is 5.73 Å². The van der Waals surface area contributed by atoms with E-state index in [9.17, 15) is 4.79 Å². The standard InChI is InChI=1S/C15H23NO/c1-10-8-12(15(3,4)5)6-7-13(10)14(16)9-11(2)17/h6-8,14H,9,16H2,1-5H3. The minimum Gasteiger partial charge on any atom is -0.324 e. The topological polar surface area (TPSA) is 43.1 Å². The molecule has 2 N–H and O–H groups in total. The number of rotatable bonds is 3. The van der Waals surface area contributed by atoms with Crippen LogP contribution in [0.1, 0.15) is 56.8 Å². The highest BCUT2D eigenvalue weighted by Crippen LogP contribution is 2.27. The Balaban J connectivity index is 3.02. The smallest absolute Gasteiger partial charge is 0.131 e. The van der Waals surface area contributed by atoms with Crippen LogP contribution in [0, 0.1) is 6.92 Å². The third kappa shape index (κ3) is 3.67. The monoisotopic (exact) mass is 233 g/mol. The Morgan fingerprint density at radius 1 is 1.35 bits per heavy atom. The van der Waals surface area contributed by atoms with Crippen molar-refractivity contribution in [2.45, 2.75) is 52.5 Å². The number of Topliss-reactive ketones (excluding diaryl/α,β-unsaturated/α-hetero) is 1. The van der Waals surface area contributed by atoms with Crippen LogP contribution in [-0.2, 0) is 10.2 Å². The number of hydrogen-bond donors (Lipinski definition) is 1. The van der Waals surface area contributed by atoms with Gasteiger partial charge in [-0.2, -0.15) is 0 Å². The van der Waals surface area contributed by atoms with Crippen molar-refractivity contribution in [3.05, 3.63) is 34.9 Å². The van der Waals surface area contributed by atoms with Gasteiger partial charge in [0.05, 0.1) is 0 Å². The minimum absolute atomic E-state index is 0.136. The summed E-state index contributed by atoms with van der Waals surface area (Å²) >= 11 is 0. The molecule has 0 bridgehead atoms. The number of carbonyl (C=O) groups is 1. The molecule has 0 fully saturated rings. The molecule has 2 nitrogen and oxygen atoms in total. The van der Waals surface area contributed by atoms with Crippen molar-refractivity contribution in [2.75, 3.05) is 0 Å². The van der Waals surface area contributed by atoms with E-state index in [0.717, 1.165) is 5.56 Å². The summed E-state index contributed by atoms with van der Waals surface area (Å²) < 4.78 is 0. The third-order valence-corrected chi connectivity index (χ3v) is 3.04. The van der Waals surface area contributed by atoms with E-state index in [0.29, 0.717) is 6.42 Å².